The van der Waals surface area contributed by atoms with E-state index in [1.54, 1.807) is 19.9 Å². The molecule has 2 fully saturated rings. The van der Waals surface area contributed by atoms with Crippen LogP contribution in [-0.2, 0) is 28.6 Å². The molecule has 150 valence electrons. The fourth-order valence-electron chi connectivity index (χ4n) is 3.83. The zero-order valence-corrected chi connectivity index (χ0v) is 16.2. The molecule has 0 aliphatic carbocycles. The molecular weight excluding hydrogens is 354 g/mol. The number of likely N-dealkylation sites (N-methyl/N-ethyl adjacent to an activating group) is 1. The average Bonchev–Trinajstić information content (AvgIpc) is 3.25. The first-order valence-corrected chi connectivity index (χ1v) is 9.26. The van der Waals surface area contributed by atoms with E-state index in [1.165, 1.54) is 6.92 Å². The molecule has 3 aliphatic heterocycles. The molecule has 8 nitrogen and oxygen atoms in total. The molecule has 0 aromatic heterocycles. The average molecular weight is 381 g/mol. The molecule has 0 unspecified atom stereocenters. The maximum absolute atomic E-state index is 12.8. The van der Waals surface area contributed by atoms with E-state index >= 15 is 0 Å². The van der Waals surface area contributed by atoms with Gasteiger partial charge >= 0.3 is 11.9 Å². The van der Waals surface area contributed by atoms with Crippen LogP contribution in [0.3, 0.4) is 0 Å². The normalized spacial score (nSPS) is 41.4. The Bertz CT molecular complexity index is 686. The smallest absolute Gasteiger partial charge is 0.338 e. The first-order chi connectivity index (χ1) is 12.6. The Morgan fingerprint density at radius 1 is 1.26 bits per heavy atom. The Balaban J connectivity index is 1.95. The van der Waals surface area contributed by atoms with Gasteiger partial charge in [0.15, 0.2) is 11.7 Å². The molecule has 1 N–H and O–H groups in total. The van der Waals surface area contributed by atoms with Gasteiger partial charge < -0.3 is 24.2 Å². The van der Waals surface area contributed by atoms with Crippen molar-refractivity contribution in [2.45, 2.75) is 57.0 Å². The predicted molar refractivity (Wildman–Crippen MR) is 93.7 cm³/mol. The van der Waals surface area contributed by atoms with Gasteiger partial charge in [-0.2, -0.15) is 0 Å². The minimum Gasteiger partial charge on any atom is -0.459 e. The number of aliphatic hydroxyl groups is 1. The standard InChI is InChI=1S/C19H27NO7/c1-11-18(3,24)17(23)25-10-13-5-7-20(4)8-6-14(16(13)22)26-15(21)9-19(11)12(2)27-19/h5,11-12,14,24H,6-10H2,1-4H3/t11-,12+,14+,18-,19+/m1/s1. The number of hydrogen-bond acceptors (Lipinski definition) is 8. The topological polar surface area (TPSA) is 106 Å². The van der Waals surface area contributed by atoms with Crippen molar-refractivity contribution in [3.8, 4) is 0 Å². The molecule has 5 atom stereocenters. The second-order valence-corrected chi connectivity index (χ2v) is 7.96. The van der Waals surface area contributed by atoms with Crippen molar-refractivity contribution in [2.75, 3.05) is 26.7 Å². The van der Waals surface area contributed by atoms with Gasteiger partial charge in [0.25, 0.3) is 0 Å². The minimum absolute atomic E-state index is 0.141. The first kappa shape index (κ1) is 20.0. The van der Waals surface area contributed by atoms with Crippen LogP contribution in [0.4, 0.5) is 0 Å². The zero-order valence-electron chi connectivity index (χ0n) is 16.2. The lowest BCUT2D eigenvalue weighted by Crippen LogP contribution is -2.51. The number of hydrogen-bond donors (Lipinski definition) is 1. The summed E-state index contributed by atoms with van der Waals surface area (Å²) in [5, 5.41) is 10.8. The Labute approximate surface area is 158 Å². The summed E-state index contributed by atoms with van der Waals surface area (Å²) in [5.74, 6) is -2.47. The predicted octanol–water partition coefficient (Wildman–Crippen LogP) is 0.221. The third-order valence-corrected chi connectivity index (χ3v) is 6.10. The summed E-state index contributed by atoms with van der Waals surface area (Å²) in [6.45, 7) is 5.61. The summed E-state index contributed by atoms with van der Waals surface area (Å²) in [4.78, 5) is 39.9. The molecule has 3 rings (SSSR count). The highest BCUT2D eigenvalue weighted by Gasteiger charge is 2.64. The SMILES string of the molecule is C[C@@H]1O[C@]12CC(=O)O[C@H]1CCN(C)CC=C(COC(=O)[C@](C)(O)[C@H]2C)C1=O. The molecule has 2 saturated heterocycles. The van der Waals surface area contributed by atoms with Crippen LogP contribution in [0.25, 0.3) is 0 Å². The van der Waals surface area contributed by atoms with Crippen LogP contribution in [0.5, 0.6) is 0 Å². The fraction of sp³-hybridized carbons (Fsp3) is 0.737. The van der Waals surface area contributed by atoms with Gasteiger partial charge in [0.2, 0.25) is 5.78 Å². The monoisotopic (exact) mass is 381 g/mol. The third kappa shape index (κ3) is 3.66. The molecular formula is C19H27NO7. The number of carbonyl (C=O) groups is 3. The van der Waals surface area contributed by atoms with Crippen molar-refractivity contribution < 1.29 is 33.7 Å². The summed E-state index contributed by atoms with van der Waals surface area (Å²) < 4.78 is 16.4. The van der Waals surface area contributed by atoms with Gasteiger partial charge in [0, 0.05) is 31.0 Å². The minimum atomic E-state index is -1.87. The lowest BCUT2D eigenvalue weighted by atomic mass is 9.76. The zero-order chi connectivity index (χ0) is 20.0. The van der Waals surface area contributed by atoms with E-state index in [0.717, 1.165) is 0 Å². The van der Waals surface area contributed by atoms with Crippen molar-refractivity contribution >= 4 is 17.7 Å². The van der Waals surface area contributed by atoms with E-state index in [2.05, 4.69) is 0 Å². The van der Waals surface area contributed by atoms with E-state index in [1.807, 2.05) is 11.9 Å². The largest absolute Gasteiger partial charge is 0.459 e. The van der Waals surface area contributed by atoms with Crippen molar-refractivity contribution in [2.24, 2.45) is 5.92 Å². The van der Waals surface area contributed by atoms with Gasteiger partial charge in [-0.3, -0.25) is 9.59 Å². The maximum Gasteiger partial charge on any atom is 0.338 e. The van der Waals surface area contributed by atoms with E-state index < -0.39 is 35.2 Å². The summed E-state index contributed by atoms with van der Waals surface area (Å²) in [6, 6.07) is 0. The number of Topliss-reactive ketones (excluding diaryl/α,β-unsaturated/α-hetero) is 1. The Morgan fingerprint density at radius 3 is 2.56 bits per heavy atom. The number of cyclic esters (lactones) is 1. The maximum atomic E-state index is 12.8. The molecule has 0 amide bonds. The third-order valence-electron chi connectivity index (χ3n) is 6.10. The van der Waals surface area contributed by atoms with Crippen LogP contribution in [0.1, 0.15) is 33.6 Å². The second-order valence-electron chi connectivity index (χ2n) is 7.96. The Hall–Kier alpha value is -1.77. The number of rotatable bonds is 0. The number of fused-ring (bicyclic) bond motifs is 2. The summed E-state index contributed by atoms with van der Waals surface area (Å²) in [7, 11) is 1.89. The first-order valence-electron chi connectivity index (χ1n) is 9.26. The van der Waals surface area contributed by atoms with E-state index in [0.29, 0.717) is 19.5 Å². The van der Waals surface area contributed by atoms with Gasteiger partial charge in [0.05, 0.1) is 12.5 Å². The highest BCUT2D eigenvalue weighted by molar-refractivity contribution is 6.00. The highest BCUT2D eigenvalue weighted by atomic mass is 16.6. The van der Waals surface area contributed by atoms with Crippen LogP contribution < -0.4 is 0 Å². The van der Waals surface area contributed by atoms with Crippen molar-refractivity contribution in [1.29, 1.82) is 0 Å². The van der Waals surface area contributed by atoms with Gasteiger partial charge in [0.1, 0.15) is 12.2 Å². The molecule has 2 bridgehead atoms. The van der Waals surface area contributed by atoms with E-state index in [9.17, 15) is 19.5 Å². The van der Waals surface area contributed by atoms with Gasteiger partial charge in [-0.1, -0.05) is 13.0 Å². The van der Waals surface area contributed by atoms with E-state index in [-0.39, 0.29) is 30.5 Å². The molecule has 0 radical (unpaired) electrons. The number of esters is 2. The van der Waals surface area contributed by atoms with Crippen LogP contribution in [0.15, 0.2) is 11.6 Å². The van der Waals surface area contributed by atoms with Gasteiger partial charge in [-0.25, -0.2) is 4.79 Å². The summed E-state index contributed by atoms with van der Waals surface area (Å²) in [6.07, 6.45) is 0.650. The molecule has 3 aliphatic rings. The quantitative estimate of drug-likeness (QED) is 0.469. The number of nitrogens with zero attached hydrogens (tertiary/aromatic N) is 1. The molecule has 3 heterocycles. The van der Waals surface area contributed by atoms with Crippen LogP contribution in [0, 0.1) is 5.92 Å². The highest BCUT2D eigenvalue weighted by Crippen LogP contribution is 2.50. The number of ether oxygens (including phenoxy) is 3. The van der Waals surface area contributed by atoms with E-state index in [4.69, 9.17) is 14.2 Å². The summed E-state index contributed by atoms with van der Waals surface area (Å²) in [5.41, 5.74) is -2.62. The van der Waals surface area contributed by atoms with Crippen molar-refractivity contribution in [3.05, 3.63) is 11.6 Å². The van der Waals surface area contributed by atoms with Crippen molar-refractivity contribution in [3.63, 3.8) is 0 Å². The number of carbonyl (C=O) groups excluding carboxylic acids is 3. The lowest BCUT2D eigenvalue weighted by molar-refractivity contribution is -0.174. The lowest BCUT2D eigenvalue weighted by Gasteiger charge is -2.34. The summed E-state index contributed by atoms with van der Waals surface area (Å²) >= 11 is 0. The number of epoxide rings is 1. The Morgan fingerprint density at radius 2 is 1.93 bits per heavy atom. The molecule has 0 aromatic rings. The number of ketones is 1. The molecule has 1 spiro atoms. The van der Waals surface area contributed by atoms with Crippen LogP contribution in [-0.4, -0.2) is 77.9 Å². The van der Waals surface area contributed by atoms with Crippen molar-refractivity contribution in [1.82, 2.24) is 4.90 Å². The van der Waals surface area contributed by atoms with Crippen LogP contribution in [0.2, 0.25) is 0 Å². The Kier molecular flexibility index (Phi) is 5.18. The van der Waals surface area contributed by atoms with Gasteiger partial charge in [-0.05, 0) is 20.9 Å². The van der Waals surface area contributed by atoms with Gasteiger partial charge in [-0.15, -0.1) is 0 Å². The molecule has 27 heavy (non-hydrogen) atoms. The molecule has 0 aromatic carbocycles. The molecule has 8 heteroatoms. The van der Waals surface area contributed by atoms with Crippen LogP contribution >= 0.6 is 0 Å². The second kappa shape index (κ2) is 7.00. The molecule has 0 saturated carbocycles. The fourth-order valence-corrected chi connectivity index (χ4v) is 3.83.